The third-order valence-corrected chi connectivity index (χ3v) is 3.01. The molecule has 7 nitrogen and oxygen atoms in total. The van der Waals surface area contributed by atoms with Gasteiger partial charge in [-0.25, -0.2) is 4.79 Å². The average molecular weight is 282 g/mol. The van der Waals surface area contributed by atoms with Crippen LogP contribution in [0.5, 0.6) is 5.75 Å². The lowest BCUT2D eigenvalue weighted by Crippen LogP contribution is -2.24. The van der Waals surface area contributed by atoms with Crippen molar-refractivity contribution >= 4 is 17.5 Å². The number of carboxylic acid groups (broad SMARTS) is 1. The molecule has 0 radical (unpaired) electrons. The molecule has 1 amide bonds. The van der Waals surface area contributed by atoms with Crippen LogP contribution < -0.4 is 9.64 Å². The third-order valence-electron chi connectivity index (χ3n) is 3.01. The van der Waals surface area contributed by atoms with Crippen molar-refractivity contribution in [1.29, 1.82) is 0 Å². The second kappa shape index (κ2) is 6.74. The molecule has 0 saturated heterocycles. The molecule has 0 aliphatic rings. The maximum Gasteiger partial charge on any atom is 0.411 e. The van der Waals surface area contributed by atoms with E-state index >= 15 is 0 Å². The Balaban J connectivity index is 3.16. The summed E-state index contributed by atoms with van der Waals surface area (Å²) in [5.41, 5.74) is -0.280. The number of amides is 1. The Morgan fingerprint density at radius 3 is 2.50 bits per heavy atom. The van der Waals surface area contributed by atoms with Crippen molar-refractivity contribution < 1.29 is 19.6 Å². The van der Waals surface area contributed by atoms with E-state index in [0.717, 1.165) is 17.7 Å². The van der Waals surface area contributed by atoms with Gasteiger partial charge in [0.1, 0.15) is 11.4 Å². The van der Waals surface area contributed by atoms with Crippen molar-refractivity contribution in [3.63, 3.8) is 0 Å². The normalized spacial score (nSPS) is 10.4. The Labute approximate surface area is 116 Å². The zero-order chi connectivity index (χ0) is 15.3. The molecule has 0 aliphatic heterocycles. The van der Waals surface area contributed by atoms with Crippen LogP contribution in [0.3, 0.4) is 0 Å². The van der Waals surface area contributed by atoms with E-state index in [1.807, 2.05) is 13.8 Å². The largest absolute Gasteiger partial charge is 0.490 e. The number of hydrogen-bond donors (Lipinski definition) is 1. The molecule has 1 aromatic rings. The van der Waals surface area contributed by atoms with Crippen molar-refractivity contribution in [2.75, 3.05) is 11.9 Å². The molecule has 0 saturated carbocycles. The molecule has 0 aromatic heterocycles. The Morgan fingerprint density at radius 2 is 2.05 bits per heavy atom. The molecule has 1 aromatic carbocycles. The number of nitro groups is 1. The molecule has 0 fully saturated rings. The van der Waals surface area contributed by atoms with Crippen LogP contribution in [0.2, 0.25) is 0 Å². The standard InChI is InChI=1S/C13H18N2O5/c1-4-9(5-2)20-10-6-7-11(15(18)19)12(8-10)14(3)13(16)17/h6-9H,4-5H2,1-3H3,(H,16,17). The summed E-state index contributed by atoms with van der Waals surface area (Å²) in [4.78, 5) is 22.1. The van der Waals surface area contributed by atoms with E-state index < -0.39 is 11.0 Å². The third kappa shape index (κ3) is 3.59. The van der Waals surface area contributed by atoms with Gasteiger partial charge in [-0.15, -0.1) is 0 Å². The van der Waals surface area contributed by atoms with Crippen LogP contribution in [-0.4, -0.2) is 29.3 Å². The van der Waals surface area contributed by atoms with Crippen molar-refractivity contribution in [3.8, 4) is 5.75 Å². The number of rotatable bonds is 6. The van der Waals surface area contributed by atoms with Gasteiger partial charge in [-0.2, -0.15) is 0 Å². The number of anilines is 1. The van der Waals surface area contributed by atoms with Crippen LogP contribution in [0.15, 0.2) is 18.2 Å². The summed E-state index contributed by atoms with van der Waals surface area (Å²) in [5.74, 6) is 0.424. The first-order valence-electron chi connectivity index (χ1n) is 6.32. The average Bonchev–Trinajstić information content (AvgIpc) is 2.43. The fourth-order valence-electron chi connectivity index (χ4n) is 1.75. The molecule has 20 heavy (non-hydrogen) atoms. The van der Waals surface area contributed by atoms with E-state index in [-0.39, 0.29) is 17.5 Å². The first kappa shape index (κ1) is 15.7. The number of ether oxygens (including phenoxy) is 1. The molecule has 110 valence electrons. The minimum Gasteiger partial charge on any atom is -0.490 e. The molecule has 0 unspecified atom stereocenters. The first-order chi connectivity index (χ1) is 9.40. The molecule has 0 atom stereocenters. The van der Waals surface area contributed by atoms with Gasteiger partial charge in [0.05, 0.1) is 11.0 Å². The van der Waals surface area contributed by atoms with Gasteiger partial charge in [0.15, 0.2) is 0 Å². The summed E-state index contributed by atoms with van der Waals surface area (Å²) in [6.45, 7) is 3.95. The van der Waals surface area contributed by atoms with Gasteiger partial charge in [0.2, 0.25) is 0 Å². The van der Waals surface area contributed by atoms with Crippen molar-refractivity contribution in [2.45, 2.75) is 32.8 Å². The van der Waals surface area contributed by atoms with E-state index in [1.165, 1.54) is 25.2 Å². The van der Waals surface area contributed by atoms with Crippen LogP contribution in [0.25, 0.3) is 0 Å². The fraction of sp³-hybridized carbons (Fsp3) is 0.462. The highest BCUT2D eigenvalue weighted by atomic mass is 16.6. The summed E-state index contributed by atoms with van der Waals surface area (Å²) in [6.07, 6.45) is 0.335. The van der Waals surface area contributed by atoms with Crippen molar-refractivity contribution in [2.24, 2.45) is 0 Å². The highest BCUT2D eigenvalue weighted by Gasteiger charge is 2.22. The van der Waals surface area contributed by atoms with Crippen LogP contribution in [-0.2, 0) is 0 Å². The summed E-state index contributed by atoms with van der Waals surface area (Å²) in [6, 6.07) is 4.12. The Morgan fingerprint density at radius 1 is 1.45 bits per heavy atom. The number of carbonyl (C=O) groups is 1. The molecular weight excluding hydrogens is 264 g/mol. The number of nitro benzene ring substituents is 1. The maximum atomic E-state index is 11.0. The minimum absolute atomic E-state index is 0.000518. The van der Waals surface area contributed by atoms with Crippen LogP contribution in [0.1, 0.15) is 26.7 Å². The number of benzene rings is 1. The summed E-state index contributed by atoms with van der Waals surface area (Å²) in [7, 11) is 1.26. The molecular formula is C13H18N2O5. The summed E-state index contributed by atoms with van der Waals surface area (Å²) in [5, 5.41) is 19.9. The lowest BCUT2D eigenvalue weighted by atomic mass is 10.2. The second-order valence-corrected chi connectivity index (χ2v) is 4.31. The zero-order valence-corrected chi connectivity index (χ0v) is 11.7. The van der Waals surface area contributed by atoms with Crippen LogP contribution >= 0.6 is 0 Å². The number of nitrogens with zero attached hydrogens (tertiary/aromatic N) is 2. The Kier molecular flexibility index (Phi) is 5.31. The second-order valence-electron chi connectivity index (χ2n) is 4.31. The zero-order valence-electron chi connectivity index (χ0n) is 11.7. The van der Waals surface area contributed by atoms with E-state index in [4.69, 9.17) is 9.84 Å². The van der Waals surface area contributed by atoms with Crippen molar-refractivity contribution in [1.82, 2.24) is 0 Å². The number of hydrogen-bond acceptors (Lipinski definition) is 4. The topological polar surface area (TPSA) is 92.9 Å². The fourth-order valence-corrected chi connectivity index (χ4v) is 1.75. The quantitative estimate of drug-likeness (QED) is 0.638. The molecule has 0 heterocycles. The van der Waals surface area contributed by atoms with Gasteiger partial charge in [-0.05, 0) is 18.9 Å². The lowest BCUT2D eigenvalue weighted by molar-refractivity contribution is -0.384. The summed E-state index contributed by atoms with van der Waals surface area (Å²) >= 11 is 0. The molecule has 0 aliphatic carbocycles. The van der Waals surface area contributed by atoms with Gasteiger partial charge in [0, 0.05) is 19.2 Å². The van der Waals surface area contributed by atoms with Gasteiger partial charge < -0.3 is 9.84 Å². The maximum absolute atomic E-state index is 11.0. The van der Waals surface area contributed by atoms with E-state index in [0.29, 0.717) is 5.75 Å². The van der Waals surface area contributed by atoms with Crippen molar-refractivity contribution in [3.05, 3.63) is 28.3 Å². The monoisotopic (exact) mass is 282 g/mol. The Bertz CT molecular complexity index is 500. The van der Waals surface area contributed by atoms with E-state index in [9.17, 15) is 14.9 Å². The van der Waals surface area contributed by atoms with Gasteiger partial charge in [0.25, 0.3) is 5.69 Å². The predicted octanol–water partition coefficient (Wildman–Crippen LogP) is 3.28. The molecule has 7 heteroatoms. The predicted molar refractivity (Wildman–Crippen MR) is 74.5 cm³/mol. The molecule has 0 spiro atoms. The Hall–Kier alpha value is -2.31. The molecule has 1 rings (SSSR count). The van der Waals surface area contributed by atoms with Gasteiger partial charge in [-0.3, -0.25) is 15.0 Å². The van der Waals surface area contributed by atoms with Gasteiger partial charge >= 0.3 is 6.09 Å². The first-order valence-corrected chi connectivity index (χ1v) is 6.32. The van der Waals surface area contributed by atoms with E-state index in [2.05, 4.69) is 0 Å². The highest BCUT2D eigenvalue weighted by Crippen LogP contribution is 2.32. The van der Waals surface area contributed by atoms with E-state index in [1.54, 1.807) is 0 Å². The summed E-state index contributed by atoms with van der Waals surface area (Å²) < 4.78 is 5.68. The highest BCUT2D eigenvalue weighted by molar-refractivity contribution is 5.89. The van der Waals surface area contributed by atoms with Crippen LogP contribution in [0, 0.1) is 10.1 Å². The molecule has 1 N–H and O–H groups in total. The van der Waals surface area contributed by atoms with Crippen LogP contribution in [0.4, 0.5) is 16.2 Å². The SMILES string of the molecule is CCC(CC)Oc1ccc([N+](=O)[O-])c(N(C)C(=O)O)c1. The molecule has 0 bridgehead atoms. The smallest absolute Gasteiger partial charge is 0.411 e. The lowest BCUT2D eigenvalue weighted by Gasteiger charge is -2.18. The van der Waals surface area contributed by atoms with Gasteiger partial charge in [-0.1, -0.05) is 13.8 Å². The minimum atomic E-state index is -1.27.